The molecular weight excluding hydrogens is 190 g/mol. The highest BCUT2D eigenvalue weighted by atomic mass is 32.2. The third kappa shape index (κ3) is 3.97. The Morgan fingerprint density at radius 1 is 1.62 bits per heavy atom. The Balaban J connectivity index is 2.13. The molecule has 0 spiro atoms. The van der Waals surface area contributed by atoms with Crippen molar-refractivity contribution in [2.24, 2.45) is 0 Å². The molecular formula is C8H14NO3S. The van der Waals surface area contributed by atoms with Crippen LogP contribution in [0.15, 0.2) is 0 Å². The van der Waals surface area contributed by atoms with Crippen molar-refractivity contribution in [1.29, 1.82) is 0 Å². The largest absolute Gasteiger partial charge is 0.465 e. The minimum atomic E-state index is -0.380. The predicted octanol–water partition coefficient (Wildman–Crippen LogP) is 0.243. The van der Waals surface area contributed by atoms with Gasteiger partial charge in [0.1, 0.15) is 12.3 Å². The quantitative estimate of drug-likeness (QED) is 0.475. The molecule has 0 aromatic heterocycles. The van der Waals surface area contributed by atoms with Crippen molar-refractivity contribution in [2.75, 3.05) is 31.3 Å². The first kappa shape index (κ1) is 10.8. The molecule has 75 valence electrons. The Hall–Kier alpha value is -0.260. The maximum atomic E-state index is 9.83. The summed E-state index contributed by atoms with van der Waals surface area (Å²) in [6.07, 6.45) is 0. The van der Waals surface area contributed by atoms with Crippen LogP contribution in [-0.4, -0.2) is 43.5 Å². The first-order valence-corrected chi connectivity index (χ1v) is 5.38. The SMILES string of the molecule is CC1(OCCOC=O)CSCC[N]1. The van der Waals surface area contributed by atoms with Gasteiger partial charge < -0.3 is 9.47 Å². The van der Waals surface area contributed by atoms with E-state index in [0.717, 1.165) is 18.1 Å². The molecule has 1 aliphatic heterocycles. The summed E-state index contributed by atoms with van der Waals surface area (Å²) in [5.41, 5.74) is -0.380. The molecule has 1 unspecified atom stereocenters. The molecule has 0 amide bonds. The van der Waals surface area contributed by atoms with Crippen molar-refractivity contribution in [1.82, 2.24) is 5.32 Å². The predicted molar refractivity (Wildman–Crippen MR) is 50.7 cm³/mol. The van der Waals surface area contributed by atoms with Crippen molar-refractivity contribution in [2.45, 2.75) is 12.6 Å². The molecule has 1 saturated heterocycles. The van der Waals surface area contributed by atoms with Gasteiger partial charge in [-0.15, -0.1) is 0 Å². The molecule has 0 saturated carbocycles. The maximum absolute atomic E-state index is 9.83. The first-order chi connectivity index (χ1) is 6.27. The van der Waals surface area contributed by atoms with E-state index in [-0.39, 0.29) is 5.72 Å². The van der Waals surface area contributed by atoms with Crippen LogP contribution in [0.4, 0.5) is 0 Å². The van der Waals surface area contributed by atoms with E-state index in [0.29, 0.717) is 19.7 Å². The zero-order valence-corrected chi connectivity index (χ0v) is 8.51. The molecule has 0 aromatic rings. The zero-order chi connectivity index (χ0) is 9.57. The molecule has 1 rings (SSSR count). The van der Waals surface area contributed by atoms with Crippen molar-refractivity contribution in [3.05, 3.63) is 0 Å². The minimum Gasteiger partial charge on any atom is -0.465 e. The van der Waals surface area contributed by atoms with Crippen LogP contribution >= 0.6 is 11.8 Å². The van der Waals surface area contributed by atoms with Gasteiger partial charge >= 0.3 is 0 Å². The first-order valence-electron chi connectivity index (χ1n) is 4.22. The van der Waals surface area contributed by atoms with Gasteiger partial charge in [-0.1, -0.05) is 0 Å². The molecule has 4 nitrogen and oxygen atoms in total. The highest BCUT2D eigenvalue weighted by molar-refractivity contribution is 7.99. The van der Waals surface area contributed by atoms with Crippen LogP contribution in [0.2, 0.25) is 0 Å². The van der Waals surface area contributed by atoms with Gasteiger partial charge in [-0.05, 0) is 6.92 Å². The number of carbonyl (C=O) groups excluding carboxylic acids is 1. The topological polar surface area (TPSA) is 49.6 Å². The molecule has 0 aliphatic carbocycles. The number of rotatable bonds is 5. The molecule has 0 aromatic carbocycles. The Kier molecular flexibility index (Phi) is 4.55. The Bertz CT molecular complexity index is 159. The normalized spacial score (nSPS) is 28.4. The van der Waals surface area contributed by atoms with Crippen LogP contribution < -0.4 is 5.32 Å². The Morgan fingerprint density at radius 3 is 3.08 bits per heavy atom. The number of hydrogen-bond acceptors (Lipinski definition) is 4. The molecule has 0 N–H and O–H groups in total. The van der Waals surface area contributed by atoms with Crippen molar-refractivity contribution in [3.63, 3.8) is 0 Å². The average Bonchev–Trinajstić information content (AvgIpc) is 2.14. The number of hydrogen-bond donors (Lipinski definition) is 0. The summed E-state index contributed by atoms with van der Waals surface area (Å²) in [6.45, 7) is 3.95. The summed E-state index contributed by atoms with van der Waals surface area (Å²) >= 11 is 1.84. The Labute approximate surface area is 82.3 Å². The number of ether oxygens (including phenoxy) is 2. The van der Waals surface area contributed by atoms with Gasteiger partial charge in [-0.3, -0.25) is 4.79 Å². The van der Waals surface area contributed by atoms with Gasteiger partial charge in [0.05, 0.1) is 6.61 Å². The van der Waals surface area contributed by atoms with Gasteiger partial charge in [0, 0.05) is 18.1 Å². The van der Waals surface area contributed by atoms with Crippen LogP contribution in [0.25, 0.3) is 0 Å². The van der Waals surface area contributed by atoms with E-state index in [2.05, 4.69) is 10.1 Å². The minimum absolute atomic E-state index is 0.305. The summed E-state index contributed by atoms with van der Waals surface area (Å²) in [6, 6.07) is 0. The lowest BCUT2D eigenvalue weighted by Gasteiger charge is -2.32. The van der Waals surface area contributed by atoms with E-state index < -0.39 is 0 Å². The molecule has 0 bridgehead atoms. The van der Waals surface area contributed by atoms with Crippen molar-refractivity contribution in [3.8, 4) is 0 Å². The molecule has 5 heteroatoms. The van der Waals surface area contributed by atoms with Gasteiger partial charge in [-0.2, -0.15) is 11.8 Å². The summed E-state index contributed by atoms with van der Waals surface area (Å²) in [5.74, 6) is 1.96. The molecule has 1 aliphatic rings. The smallest absolute Gasteiger partial charge is 0.293 e. The second-order valence-electron chi connectivity index (χ2n) is 2.92. The van der Waals surface area contributed by atoms with E-state index in [1.807, 2.05) is 18.7 Å². The van der Waals surface area contributed by atoms with E-state index in [1.165, 1.54) is 0 Å². The fourth-order valence-corrected chi connectivity index (χ4v) is 2.02. The summed E-state index contributed by atoms with van der Waals surface area (Å²) in [5, 5.41) is 4.37. The van der Waals surface area contributed by atoms with Crippen LogP contribution in [0, 0.1) is 0 Å². The van der Waals surface area contributed by atoms with Crippen molar-refractivity contribution < 1.29 is 14.3 Å². The third-order valence-corrected chi connectivity index (χ3v) is 2.95. The average molecular weight is 204 g/mol. The highest BCUT2D eigenvalue weighted by Gasteiger charge is 2.28. The lowest BCUT2D eigenvalue weighted by Crippen LogP contribution is -2.46. The van der Waals surface area contributed by atoms with Gasteiger partial charge in [0.25, 0.3) is 6.47 Å². The monoisotopic (exact) mass is 204 g/mol. The molecule has 1 fully saturated rings. The van der Waals surface area contributed by atoms with Gasteiger partial charge in [0.2, 0.25) is 0 Å². The summed E-state index contributed by atoms with van der Waals surface area (Å²) in [7, 11) is 0. The highest BCUT2D eigenvalue weighted by Crippen LogP contribution is 2.20. The van der Waals surface area contributed by atoms with Gasteiger partial charge in [-0.25, -0.2) is 5.32 Å². The van der Waals surface area contributed by atoms with E-state index in [9.17, 15) is 4.79 Å². The second kappa shape index (κ2) is 5.47. The molecule has 1 heterocycles. The van der Waals surface area contributed by atoms with Crippen LogP contribution in [0.3, 0.4) is 0 Å². The second-order valence-corrected chi connectivity index (χ2v) is 4.03. The van der Waals surface area contributed by atoms with Gasteiger partial charge in [0.15, 0.2) is 0 Å². The van der Waals surface area contributed by atoms with Crippen molar-refractivity contribution >= 4 is 18.2 Å². The molecule has 1 atom stereocenters. The zero-order valence-electron chi connectivity index (χ0n) is 7.69. The number of thioether (sulfide) groups is 1. The van der Waals surface area contributed by atoms with E-state index in [4.69, 9.17) is 4.74 Å². The van der Waals surface area contributed by atoms with Crippen LogP contribution in [0.5, 0.6) is 0 Å². The summed E-state index contributed by atoms with van der Waals surface area (Å²) < 4.78 is 10.0. The number of nitrogens with zero attached hydrogens (tertiary/aromatic N) is 1. The third-order valence-electron chi connectivity index (χ3n) is 1.73. The van der Waals surface area contributed by atoms with E-state index >= 15 is 0 Å². The summed E-state index contributed by atoms with van der Waals surface area (Å²) in [4.78, 5) is 9.83. The lowest BCUT2D eigenvalue weighted by atomic mass is 10.3. The lowest BCUT2D eigenvalue weighted by molar-refractivity contribution is -0.133. The fraction of sp³-hybridized carbons (Fsp3) is 0.875. The maximum Gasteiger partial charge on any atom is 0.293 e. The van der Waals surface area contributed by atoms with E-state index in [1.54, 1.807) is 0 Å². The van der Waals surface area contributed by atoms with Crippen LogP contribution in [0.1, 0.15) is 6.92 Å². The standard InChI is InChI=1S/C8H14NO3S/c1-8(6-13-5-2-9-8)12-4-3-11-7-10/h7H,2-6H2,1H3. The fourth-order valence-electron chi connectivity index (χ4n) is 1.10. The Morgan fingerprint density at radius 2 is 2.46 bits per heavy atom. The molecule has 13 heavy (non-hydrogen) atoms. The number of carbonyl (C=O) groups is 1. The van der Waals surface area contributed by atoms with Crippen LogP contribution in [-0.2, 0) is 14.3 Å². The molecule has 1 radical (unpaired) electrons.